The summed E-state index contributed by atoms with van der Waals surface area (Å²) in [7, 11) is 0. The topological polar surface area (TPSA) is 56.7 Å². The van der Waals surface area contributed by atoms with Crippen molar-refractivity contribution in [2.45, 2.75) is 19.4 Å². The quantitative estimate of drug-likeness (QED) is 0.508. The minimum atomic E-state index is 0.571. The second-order valence-electron chi connectivity index (χ2n) is 5.95. The van der Waals surface area contributed by atoms with Gasteiger partial charge in [-0.2, -0.15) is 0 Å². The largest absolute Gasteiger partial charge is 0.467 e. The number of hydrogen-bond donors (Lipinski definition) is 0. The third kappa shape index (κ3) is 3.68. The van der Waals surface area contributed by atoms with Gasteiger partial charge in [-0.15, -0.1) is 10.2 Å². The van der Waals surface area contributed by atoms with E-state index in [1.165, 1.54) is 5.56 Å². The summed E-state index contributed by atoms with van der Waals surface area (Å²) in [6.45, 7) is 0.571. The average molecular weight is 365 g/mol. The van der Waals surface area contributed by atoms with Crippen molar-refractivity contribution in [1.82, 2.24) is 19.7 Å². The Labute approximate surface area is 156 Å². The van der Waals surface area contributed by atoms with Crippen LogP contribution in [-0.2, 0) is 19.4 Å². The molecule has 0 bridgehead atoms. The van der Waals surface area contributed by atoms with Gasteiger partial charge in [-0.25, -0.2) is 0 Å². The Hall–Kier alpha value is -2.92. The first-order chi connectivity index (χ1) is 12.8. The summed E-state index contributed by atoms with van der Waals surface area (Å²) >= 11 is 5.96. The normalized spacial score (nSPS) is 11.0. The lowest BCUT2D eigenvalue weighted by Crippen LogP contribution is -2.08. The highest BCUT2D eigenvalue weighted by molar-refractivity contribution is 6.30. The van der Waals surface area contributed by atoms with Crippen molar-refractivity contribution in [3.8, 4) is 11.5 Å². The van der Waals surface area contributed by atoms with E-state index < -0.39 is 0 Å². The molecule has 0 fully saturated rings. The molecular weight excluding hydrogens is 348 g/mol. The third-order valence-electron chi connectivity index (χ3n) is 4.17. The van der Waals surface area contributed by atoms with Gasteiger partial charge in [-0.05, 0) is 48.4 Å². The fourth-order valence-corrected chi connectivity index (χ4v) is 2.96. The number of aromatic nitrogens is 4. The second kappa shape index (κ2) is 7.54. The van der Waals surface area contributed by atoms with Gasteiger partial charge in [0.2, 0.25) is 0 Å². The van der Waals surface area contributed by atoms with Crippen LogP contribution in [0.2, 0.25) is 5.02 Å². The fourth-order valence-electron chi connectivity index (χ4n) is 2.84. The molecule has 0 atom stereocenters. The predicted molar refractivity (Wildman–Crippen MR) is 99.9 cm³/mol. The van der Waals surface area contributed by atoms with Gasteiger partial charge in [0.1, 0.15) is 17.3 Å². The Morgan fingerprint density at radius 1 is 0.923 bits per heavy atom. The molecule has 130 valence electrons. The van der Waals surface area contributed by atoms with E-state index in [1.807, 2.05) is 54.6 Å². The third-order valence-corrected chi connectivity index (χ3v) is 4.42. The summed E-state index contributed by atoms with van der Waals surface area (Å²) in [5.41, 5.74) is 2.01. The highest BCUT2D eigenvalue weighted by Crippen LogP contribution is 2.19. The molecule has 3 aromatic heterocycles. The van der Waals surface area contributed by atoms with Gasteiger partial charge in [0.05, 0.1) is 12.8 Å². The van der Waals surface area contributed by atoms with Crippen molar-refractivity contribution in [2.24, 2.45) is 0 Å². The van der Waals surface area contributed by atoms with Gasteiger partial charge >= 0.3 is 0 Å². The Bertz CT molecular complexity index is 963. The fraction of sp³-hybridized carbons (Fsp3) is 0.150. The molecule has 26 heavy (non-hydrogen) atoms. The van der Waals surface area contributed by atoms with E-state index in [0.29, 0.717) is 6.54 Å². The Kier molecular flexibility index (Phi) is 4.80. The monoisotopic (exact) mass is 364 g/mol. The lowest BCUT2D eigenvalue weighted by Gasteiger charge is -2.09. The van der Waals surface area contributed by atoms with Gasteiger partial charge in [0, 0.05) is 17.6 Å². The molecule has 0 saturated carbocycles. The number of furan rings is 1. The molecule has 0 N–H and O–H groups in total. The number of aryl methyl sites for hydroxylation is 2. The van der Waals surface area contributed by atoms with E-state index in [1.54, 1.807) is 12.5 Å². The molecule has 0 unspecified atom stereocenters. The molecule has 3 heterocycles. The van der Waals surface area contributed by atoms with Crippen molar-refractivity contribution in [2.75, 3.05) is 0 Å². The van der Waals surface area contributed by atoms with Crippen LogP contribution in [0.25, 0.3) is 11.5 Å². The lowest BCUT2D eigenvalue weighted by atomic mass is 10.1. The van der Waals surface area contributed by atoms with Crippen LogP contribution in [0.15, 0.2) is 71.5 Å². The standard InChI is InChI=1S/C20H17ClN4O/c21-16-9-6-15(7-10-16)8-11-19-23-24-20(18-5-1-2-12-22-18)25(19)14-17-4-3-13-26-17/h1-7,9-10,12-13H,8,11,14H2. The van der Waals surface area contributed by atoms with Crippen molar-refractivity contribution in [3.05, 3.63) is 89.2 Å². The summed E-state index contributed by atoms with van der Waals surface area (Å²) in [5.74, 6) is 2.50. The Balaban J connectivity index is 1.63. The average Bonchev–Trinajstić information content (AvgIpc) is 3.33. The summed E-state index contributed by atoms with van der Waals surface area (Å²) < 4.78 is 7.58. The molecule has 0 aliphatic rings. The van der Waals surface area contributed by atoms with Crippen LogP contribution < -0.4 is 0 Å². The van der Waals surface area contributed by atoms with Crippen molar-refractivity contribution < 1.29 is 4.42 Å². The zero-order valence-corrected chi connectivity index (χ0v) is 14.8. The van der Waals surface area contributed by atoms with Crippen LogP contribution in [0, 0.1) is 0 Å². The minimum Gasteiger partial charge on any atom is -0.467 e. The van der Waals surface area contributed by atoms with Crippen LogP contribution in [0.3, 0.4) is 0 Å². The molecule has 5 nitrogen and oxygen atoms in total. The van der Waals surface area contributed by atoms with Crippen LogP contribution in [-0.4, -0.2) is 19.7 Å². The number of pyridine rings is 1. The maximum atomic E-state index is 5.96. The van der Waals surface area contributed by atoms with Crippen molar-refractivity contribution in [1.29, 1.82) is 0 Å². The first-order valence-electron chi connectivity index (χ1n) is 8.40. The number of nitrogens with zero attached hydrogens (tertiary/aromatic N) is 4. The number of hydrogen-bond acceptors (Lipinski definition) is 4. The zero-order chi connectivity index (χ0) is 17.8. The summed E-state index contributed by atoms with van der Waals surface area (Å²) in [5, 5.41) is 9.53. The van der Waals surface area contributed by atoms with E-state index in [-0.39, 0.29) is 0 Å². The second-order valence-corrected chi connectivity index (χ2v) is 6.38. The SMILES string of the molecule is Clc1ccc(CCc2nnc(-c3ccccn3)n2Cc2ccco2)cc1. The summed E-state index contributed by atoms with van der Waals surface area (Å²) in [6.07, 6.45) is 5.06. The minimum absolute atomic E-state index is 0.571. The number of rotatable bonds is 6. The number of halogens is 1. The molecule has 0 saturated heterocycles. The molecule has 4 rings (SSSR count). The van der Waals surface area contributed by atoms with Crippen molar-refractivity contribution >= 4 is 11.6 Å². The molecule has 0 aliphatic heterocycles. The Morgan fingerprint density at radius 2 is 1.81 bits per heavy atom. The molecule has 0 amide bonds. The maximum Gasteiger partial charge on any atom is 0.183 e. The Morgan fingerprint density at radius 3 is 2.54 bits per heavy atom. The van der Waals surface area contributed by atoms with Gasteiger partial charge in [0.25, 0.3) is 0 Å². The first kappa shape index (κ1) is 16.5. The lowest BCUT2D eigenvalue weighted by molar-refractivity contribution is 0.489. The zero-order valence-electron chi connectivity index (χ0n) is 14.0. The van der Waals surface area contributed by atoms with E-state index in [4.69, 9.17) is 16.0 Å². The molecule has 0 aliphatic carbocycles. The molecule has 6 heteroatoms. The number of benzene rings is 1. The van der Waals surface area contributed by atoms with Gasteiger partial charge in [-0.1, -0.05) is 29.8 Å². The molecule has 4 aromatic rings. The van der Waals surface area contributed by atoms with E-state index in [9.17, 15) is 0 Å². The van der Waals surface area contributed by atoms with E-state index in [0.717, 1.165) is 41.0 Å². The molecule has 0 radical (unpaired) electrons. The van der Waals surface area contributed by atoms with Crippen molar-refractivity contribution in [3.63, 3.8) is 0 Å². The van der Waals surface area contributed by atoms with Gasteiger partial charge in [0.15, 0.2) is 5.82 Å². The maximum absolute atomic E-state index is 5.96. The summed E-state index contributed by atoms with van der Waals surface area (Å²) in [4.78, 5) is 4.41. The van der Waals surface area contributed by atoms with Crippen LogP contribution >= 0.6 is 11.6 Å². The van der Waals surface area contributed by atoms with Crippen LogP contribution in [0.1, 0.15) is 17.1 Å². The molecule has 1 aromatic carbocycles. The first-order valence-corrected chi connectivity index (χ1v) is 8.78. The van der Waals surface area contributed by atoms with E-state index in [2.05, 4.69) is 19.7 Å². The van der Waals surface area contributed by atoms with Crippen LogP contribution in [0.5, 0.6) is 0 Å². The van der Waals surface area contributed by atoms with Gasteiger partial charge in [-0.3, -0.25) is 4.98 Å². The highest BCUT2D eigenvalue weighted by Gasteiger charge is 2.16. The van der Waals surface area contributed by atoms with Crippen LogP contribution in [0.4, 0.5) is 0 Å². The summed E-state index contributed by atoms with van der Waals surface area (Å²) in [6, 6.07) is 17.5. The smallest absolute Gasteiger partial charge is 0.183 e. The predicted octanol–water partition coefficient (Wildman–Crippen LogP) is 4.42. The highest BCUT2D eigenvalue weighted by atomic mass is 35.5. The molecule has 0 spiro atoms. The van der Waals surface area contributed by atoms with E-state index >= 15 is 0 Å². The molecular formula is C20H17ClN4O. The van der Waals surface area contributed by atoms with Gasteiger partial charge < -0.3 is 8.98 Å².